The number of nitrogens with one attached hydrogen (secondary N) is 1. The highest BCUT2D eigenvalue weighted by Gasteiger charge is 2.37. The van der Waals surface area contributed by atoms with Crippen LogP contribution in [-0.2, 0) is 15.0 Å². The highest BCUT2D eigenvalue weighted by Crippen LogP contribution is 2.31. The van der Waals surface area contributed by atoms with Gasteiger partial charge in [-0.25, -0.2) is 0 Å². The van der Waals surface area contributed by atoms with E-state index in [0.29, 0.717) is 5.69 Å². The molecule has 19 heavy (non-hydrogen) atoms. The minimum atomic E-state index is -1.22. The van der Waals surface area contributed by atoms with Crippen LogP contribution in [-0.4, -0.2) is 27.1 Å². The SMILES string of the molecule is CC(CCC(=O)O)(C(=O)O)c1cc2ccccc2[nH]1. The second kappa shape index (κ2) is 4.76. The van der Waals surface area contributed by atoms with E-state index in [-0.39, 0.29) is 12.8 Å². The Labute approximate surface area is 109 Å². The van der Waals surface area contributed by atoms with E-state index in [9.17, 15) is 14.7 Å². The van der Waals surface area contributed by atoms with Crippen molar-refractivity contribution in [3.8, 4) is 0 Å². The molecule has 0 bridgehead atoms. The van der Waals surface area contributed by atoms with Crippen LogP contribution in [0.25, 0.3) is 10.9 Å². The summed E-state index contributed by atoms with van der Waals surface area (Å²) in [6.07, 6.45) is -0.136. The van der Waals surface area contributed by atoms with E-state index in [4.69, 9.17) is 5.11 Å². The summed E-state index contributed by atoms with van der Waals surface area (Å²) in [5.41, 5.74) is 0.153. The summed E-state index contributed by atoms with van der Waals surface area (Å²) in [4.78, 5) is 25.2. The maximum absolute atomic E-state index is 11.5. The average Bonchev–Trinajstić information content (AvgIpc) is 2.79. The van der Waals surface area contributed by atoms with E-state index in [2.05, 4.69) is 4.98 Å². The van der Waals surface area contributed by atoms with Gasteiger partial charge in [-0.2, -0.15) is 0 Å². The summed E-state index contributed by atoms with van der Waals surface area (Å²) in [5.74, 6) is -2.02. The Hall–Kier alpha value is -2.30. The largest absolute Gasteiger partial charge is 0.481 e. The van der Waals surface area contributed by atoms with Gasteiger partial charge >= 0.3 is 11.9 Å². The third-order valence-corrected chi connectivity index (χ3v) is 3.44. The molecule has 1 unspecified atom stereocenters. The molecule has 0 aliphatic rings. The molecule has 0 saturated heterocycles. The van der Waals surface area contributed by atoms with Crippen molar-refractivity contribution in [2.24, 2.45) is 0 Å². The second-order valence-electron chi connectivity index (χ2n) is 4.80. The highest BCUT2D eigenvalue weighted by molar-refractivity contribution is 5.86. The number of carbonyl (C=O) groups is 2. The first-order valence-corrected chi connectivity index (χ1v) is 5.97. The van der Waals surface area contributed by atoms with E-state index in [1.165, 1.54) is 0 Å². The minimum absolute atomic E-state index is 0.0461. The Bertz CT molecular complexity index is 598. The van der Waals surface area contributed by atoms with Gasteiger partial charge in [0.2, 0.25) is 0 Å². The van der Waals surface area contributed by atoms with Gasteiger partial charge in [-0.3, -0.25) is 9.59 Å². The van der Waals surface area contributed by atoms with E-state index < -0.39 is 17.4 Å². The van der Waals surface area contributed by atoms with Crippen molar-refractivity contribution in [1.29, 1.82) is 0 Å². The van der Waals surface area contributed by atoms with Gasteiger partial charge in [0.15, 0.2) is 0 Å². The lowest BCUT2D eigenvalue weighted by Crippen LogP contribution is -2.33. The fourth-order valence-corrected chi connectivity index (χ4v) is 2.08. The minimum Gasteiger partial charge on any atom is -0.481 e. The molecule has 100 valence electrons. The molecule has 5 heteroatoms. The molecule has 0 aliphatic heterocycles. The van der Waals surface area contributed by atoms with Crippen molar-refractivity contribution < 1.29 is 19.8 Å². The summed E-state index contributed by atoms with van der Waals surface area (Å²) in [7, 11) is 0. The first-order chi connectivity index (χ1) is 8.93. The van der Waals surface area contributed by atoms with Gasteiger partial charge in [0, 0.05) is 17.6 Å². The average molecular weight is 261 g/mol. The van der Waals surface area contributed by atoms with Crippen LogP contribution in [0.2, 0.25) is 0 Å². The van der Waals surface area contributed by atoms with Gasteiger partial charge in [0.05, 0.1) is 0 Å². The van der Waals surface area contributed by atoms with Crippen LogP contribution in [0.3, 0.4) is 0 Å². The number of hydrogen-bond acceptors (Lipinski definition) is 2. The third-order valence-electron chi connectivity index (χ3n) is 3.44. The molecule has 0 saturated carbocycles. The van der Waals surface area contributed by atoms with Crippen LogP contribution in [0, 0.1) is 0 Å². The molecule has 1 aromatic heterocycles. The summed E-state index contributed by atoms with van der Waals surface area (Å²) in [6, 6.07) is 9.24. The zero-order valence-corrected chi connectivity index (χ0v) is 10.5. The van der Waals surface area contributed by atoms with Crippen LogP contribution < -0.4 is 0 Å². The van der Waals surface area contributed by atoms with Crippen LogP contribution in [0.5, 0.6) is 0 Å². The molecule has 2 rings (SSSR count). The molecular formula is C14H15NO4. The lowest BCUT2D eigenvalue weighted by Gasteiger charge is -2.22. The molecule has 0 aliphatic carbocycles. The van der Waals surface area contributed by atoms with Gasteiger partial charge in [0.1, 0.15) is 5.41 Å². The van der Waals surface area contributed by atoms with Crippen molar-refractivity contribution >= 4 is 22.8 Å². The summed E-state index contributed by atoms with van der Waals surface area (Å²) in [6.45, 7) is 1.54. The number of aromatic nitrogens is 1. The number of aliphatic carboxylic acids is 2. The number of carboxylic acids is 2. The molecule has 0 fully saturated rings. The van der Waals surface area contributed by atoms with E-state index in [1.54, 1.807) is 13.0 Å². The number of benzene rings is 1. The zero-order chi connectivity index (χ0) is 14.0. The Morgan fingerprint density at radius 1 is 1.26 bits per heavy atom. The van der Waals surface area contributed by atoms with Gasteiger partial charge < -0.3 is 15.2 Å². The Morgan fingerprint density at radius 2 is 1.95 bits per heavy atom. The van der Waals surface area contributed by atoms with Crippen molar-refractivity contribution in [2.75, 3.05) is 0 Å². The number of rotatable bonds is 5. The van der Waals surface area contributed by atoms with Gasteiger partial charge in [0.25, 0.3) is 0 Å². The number of fused-ring (bicyclic) bond motifs is 1. The normalized spacial score (nSPS) is 14.2. The topological polar surface area (TPSA) is 90.4 Å². The van der Waals surface area contributed by atoms with Gasteiger partial charge in [-0.15, -0.1) is 0 Å². The lowest BCUT2D eigenvalue weighted by atomic mass is 9.82. The monoisotopic (exact) mass is 261 g/mol. The van der Waals surface area contributed by atoms with E-state index >= 15 is 0 Å². The smallest absolute Gasteiger partial charge is 0.315 e. The number of carboxylic acid groups (broad SMARTS) is 2. The van der Waals surface area contributed by atoms with Crippen LogP contribution >= 0.6 is 0 Å². The molecule has 3 N–H and O–H groups in total. The number of aromatic amines is 1. The number of hydrogen-bond donors (Lipinski definition) is 3. The number of para-hydroxylation sites is 1. The Kier molecular flexibility index (Phi) is 3.29. The lowest BCUT2D eigenvalue weighted by molar-refractivity contribution is -0.144. The summed E-state index contributed by atoms with van der Waals surface area (Å²) >= 11 is 0. The standard InChI is InChI=1S/C14H15NO4/c1-14(13(18)19,7-6-12(16)17)11-8-9-4-2-3-5-10(9)15-11/h2-5,8,15H,6-7H2,1H3,(H,16,17)(H,18,19). The first kappa shape index (κ1) is 13.1. The van der Waals surface area contributed by atoms with Crippen LogP contribution in [0.4, 0.5) is 0 Å². The molecule has 5 nitrogen and oxygen atoms in total. The molecule has 1 heterocycles. The van der Waals surface area contributed by atoms with Crippen LogP contribution in [0.15, 0.2) is 30.3 Å². The molecule has 0 spiro atoms. The highest BCUT2D eigenvalue weighted by atomic mass is 16.4. The predicted octanol–water partition coefficient (Wildman–Crippen LogP) is 2.38. The van der Waals surface area contributed by atoms with E-state index in [1.807, 2.05) is 24.3 Å². The van der Waals surface area contributed by atoms with Gasteiger partial charge in [-0.05, 0) is 30.9 Å². The Balaban J connectivity index is 2.42. The van der Waals surface area contributed by atoms with Crippen molar-refractivity contribution in [3.05, 3.63) is 36.0 Å². The molecule has 1 atom stereocenters. The molecule has 0 radical (unpaired) electrons. The quantitative estimate of drug-likeness (QED) is 0.770. The molecule has 1 aromatic carbocycles. The fraction of sp³-hybridized carbons (Fsp3) is 0.286. The zero-order valence-electron chi connectivity index (χ0n) is 10.5. The van der Waals surface area contributed by atoms with Crippen molar-refractivity contribution in [2.45, 2.75) is 25.2 Å². The van der Waals surface area contributed by atoms with Crippen LogP contribution in [0.1, 0.15) is 25.5 Å². The predicted molar refractivity (Wildman–Crippen MR) is 70.2 cm³/mol. The first-order valence-electron chi connectivity index (χ1n) is 5.97. The summed E-state index contributed by atoms with van der Waals surface area (Å²) < 4.78 is 0. The molecule has 0 amide bonds. The van der Waals surface area contributed by atoms with Crippen molar-refractivity contribution in [1.82, 2.24) is 4.98 Å². The maximum Gasteiger partial charge on any atom is 0.315 e. The molecular weight excluding hydrogens is 246 g/mol. The number of H-pyrrole nitrogens is 1. The Morgan fingerprint density at radius 3 is 2.53 bits per heavy atom. The van der Waals surface area contributed by atoms with Gasteiger partial charge in [-0.1, -0.05) is 18.2 Å². The molecule has 2 aromatic rings. The fourth-order valence-electron chi connectivity index (χ4n) is 2.08. The summed E-state index contributed by atoms with van der Waals surface area (Å²) in [5, 5.41) is 19.1. The maximum atomic E-state index is 11.5. The van der Waals surface area contributed by atoms with E-state index in [0.717, 1.165) is 10.9 Å². The van der Waals surface area contributed by atoms with Crippen molar-refractivity contribution in [3.63, 3.8) is 0 Å². The third kappa shape index (κ3) is 2.45. The second-order valence-corrected chi connectivity index (χ2v) is 4.80.